The van der Waals surface area contributed by atoms with Crippen LogP contribution in [0.15, 0.2) is 12.1 Å². The summed E-state index contributed by atoms with van der Waals surface area (Å²) >= 11 is 6.25. The zero-order valence-electron chi connectivity index (χ0n) is 11.8. The summed E-state index contributed by atoms with van der Waals surface area (Å²) in [6, 6.07) is 3.50. The molecule has 0 saturated heterocycles. The smallest absolute Gasteiger partial charge is 0.228 e. The summed E-state index contributed by atoms with van der Waals surface area (Å²) in [6.07, 6.45) is 3.43. The minimum atomic E-state index is -0.0399. The van der Waals surface area contributed by atoms with E-state index in [0.29, 0.717) is 17.0 Å². The Kier molecular flexibility index (Phi) is 3.13. The van der Waals surface area contributed by atoms with E-state index >= 15 is 0 Å². The van der Waals surface area contributed by atoms with Crippen LogP contribution in [0.2, 0.25) is 5.02 Å². The van der Waals surface area contributed by atoms with E-state index in [1.807, 2.05) is 0 Å². The first-order chi connectivity index (χ1) is 9.38. The molecule has 4 heteroatoms. The lowest BCUT2D eigenvalue weighted by Gasteiger charge is -2.26. The van der Waals surface area contributed by atoms with Crippen molar-refractivity contribution in [3.63, 3.8) is 0 Å². The van der Waals surface area contributed by atoms with Gasteiger partial charge in [-0.25, -0.2) is 0 Å². The number of anilines is 1. The van der Waals surface area contributed by atoms with E-state index in [9.17, 15) is 9.59 Å². The third-order valence-electron chi connectivity index (χ3n) is 4.66. The molecule has 106 valence electrons. The molecule has 1 unspecified atom stereocenters. The highest BCUT2D eigenvalue weighted by molar-refractivity contribution is 6.34. The second-order valence-corrected chi connectivity index (χ2v) is 6.92. The number of nitrogens with one attached hydrogen (secondary N) is 1. The maximum Gasteiger partial charge on any atom is 0.228 e. The second-order valence-electron chi connectivity index (χ2n) is 6.51. The highest BCUT2D eigenvalue weighted by atomic mass is 35.5. The zero-order chi connectivity index (χ0) is 14.5. The van der Waals surface area contributed by atoms with Crippen LogP contribution < -0.4 is 5.32 Å². The Morgan fingerprint density at radius 3 is 2.80 bits per heavy atom. The summed E-state index contributed by atoms with van der Waals surface area (Å²) in [5.41, 5.74) is 2.22. The SMILES string of the molecule is CC1(C)CCCC1C(=O)c1cc2c(cc1Cl)NC(=O)C2. The van der Waals surface area contributed by atoms with Gasteiger partial charge in [0, 0.05) is 17.2 Å². The number of halogens is 1. The van der Waals surface area contributed by atoms with Crippen LogP contribution >= 0.6 is 11.6 Å². The van der Waals surface area contributed by atoms with Crippen molar-refractivity contribution < 1.29 is 9.59 Å². The van der Waals surface area contributed by atoms with Gasteiger partial charge >= 0.3 is 0 Å². The summed E-state index contributed by atoms with van der Waals surface area (Å²) < 4.78 is 0. The average Bonchev–Trinajstić information content (AvgIpc) is 2.88. The molecule has 1 aromatic rings. The van der Waals surface area contributed by atoms with Crippen molar-refractivity contribution in [2.75, 3.05) is 5.32 Å². The van der Waals surface area contributed by atoms with Crippen LogP contribution in [0.4, 0.5) is 5.69 Å². The average molecular weight is 292 g/mol. The molecule has 1 aliphatic heterocycles. The van der Waals surface area contributed by atoms with Gasteiger partial charge in [0.1, 0.15) is 0 Å². The van der Waals surface area contributed by atoms with Gasteiger partial charge in [0.25, 0.3) is 0 Å². The first-order valence-electron chi connectivity index (χ1n) is 7.05. The molecule has 20 heavy (non-hydrogen) atoms. The van der Waals surface area contributed by atoms with E-state index in [0.717, 1.165) is 30.5 Å². The van der Waals surface area contributed by atoms with E-state index in [4.69, 9.17) is 11.6 Å². The van der Waals surface area contributed by atoms with Gasteiger partial charge in [-0.2, -0.15) is 0 Å². The maximum absolute atomic E-state index is 12.8. The van der Waals surface area contributed by atoms with Gasteiger partial charge in [-0.1, -0.05) is 31.9 Å². The topological polar surface area (TPSA) is 46.2 Å². The van der Waals surface area contributed by atoms with E-state index in [-0.39, 0.29) is 23.0 Å². The molecule has 0 radical (unpaired) electrons. The fourth-order valence-corrected chi connectivity index (χ4v) is 3.69. The molecule has 1 fully saturated rings. The number of rotatable bonds is 2. The van der Waals surface area contributed by atoms with Gasteiger partial charge in [-0.15, -0.1) is 0 Å². The van der Waals surface area contributed by atoms with Crippen molar-refractivity contribution in [2.45, 2.75) is 39.5 Å². The Balaban J connectivity index is 1.97. The van der Waals surface area contributed by atoms with E-state index in [1.54, 1.807) is 12.1 Å². The van der Waals surface area contributed by atoms with Gasteiger partial charge in [-0.3, -0.25) is 9.59 Å². The molecule has 1 saturated carbocycles. The lowest BCUT2D eigenvalue weighted by atomic mass is 9.77. The summed E-state index contributed by atoms with van der Waals surface area (Å²) in [5.74, 6) is 0.115. The summed E-state index contributed by atoms with van der Waals surface area (Å²) in [7, 11) is 0. The number of benzene rings is 1. The van der Waals surface area contributed by atoms with E-state index in [2.05, 4.69) is 19.2 Å². The molecule has 1 aromatic carbocycles. The molecule has 3 rings (SSSR count). The van der Waals surface area contributed by atoms with Crippen LogP contribution in [0, 0.1) is 11.3 Å². The van der Waals surface area contributed by atoms with Crippen molar-refractivity contribution in [1.82, 2.24) is 0 Å². The van der Waals surface area contributed by atoms with Crippen molar-refractivity contribution >= 4 is 29.0 Å². The predicted molar refractivity (Wildman–Crippen MR) is 79.2 cm³/mol. The third-order valence-corrected chi connectivity index (χ3v) is 4.97. The number of carbonyl (C=O) groups is 2. The third kappa shape index (κ3) is 2.14. The van der Waals surface area contributed by atoms with Crippen molar-refractivity contribution in [3.05, 3.63) is 28.3 Å². The molecule has 2 aliphatic rings. The first-order valence-corrected chi connectivity index (χ1v) is 7.43. The Bertz CT molecular complexity index is 607. The Morgan fingerprint density at radius 2 is 2.15 bits per heavy atom. The number of amides is 1. The molecule has 1 atom stereocenters. The molecule has 1 N–H and O–H groups in total. The number of ketones is 1. The summed E-state index contributed by atoms with van der Waals surface area (Å²) in [4.78, 5) is 24.2. The lowest BCUT2D eigenvalue weighted by Crippen LogP contribution is -2.26. The predicted octanol–water partition coefficient (Wildman–Crippen LogP) is 3.84. The molecular formula is C16H18ClNO2. The summed E-state index contributed by atoms with van der Waals surface area (Å²) in [6.45, 7) is 4.30. The summed E-state index contributed by atoms with van der Waals surface area (Å²) in [5, 5.41) is 3.20. The quantitative estimate of drug-likeness (QED) is 0.842. The Labute approximate surface area is 123 Å². The molecule has 0 spiro atoms. The number of Topliss-reactive ketones (excluding diaryl/α,β-unsaturated/α-hetero) is 1. The van der Waals surface area contributed by atoms with Crippen molar-refractivity contribution in [3.8, 4) is 0 Å². The van der Waals surface area contributed by atoms with Crippen molar-refractivity contribution in [2.24, 2.45) is 11.3 Å². The van der Waals surface area contributed by atoms with Crippen LogP contribution in [-0.2, 0) is 11.2 Å². The molecule has 1 aliphatic carbocycles. The minimum absolute atomic E-state index is 0.0307. The van der Waals surface area contributed by atoms with Gasteiger partial charge in [-0.05, 0) is 36.0 Å². The van der Waals surface area contributed by atoms with Crippen molar-refractivity contribution in [1.29, 1.82) is 0 Å². The minimum Gasteiger partial charge on any atom is -0.325 e. The van der Waals surface area contributed by atoms with Crippen LogP contribution in [0.1, 0.15) is 49.0 Å². The second kappa shape index (κ2) is 4.59. The zero-order valence-corrected chi connectivity index (χ0v) is 12.5. The number of hydrogen-bond donors (Lipinski definition) is 1. The number of carbonyl (C=O) groups excluding carboxylic acids is 2. The highest BCUT2D eigenvalue weighted by Gasteiger charge is 2.40. The first kappa shape index (κ1) is 13.6. The molecule has 0 aromatic heterocycles. The Morgan fingerprint density at radius 1 is 1.40 bits per heavy atom. The van der Waals surface area contributed by atoms with Gasteiger partial charge in [0.05, 0.1) is 11.4 Å². The Hall–Kier alpha value is -1.35. The standard InChI is InChI=1S/C16H18ClNO2/c1-16(2)5-3-4-11(16)15(20)10-6-9-7-14(19)18-13(9)8-12(10)17/h6,8,11H,3-5,7H2,1-2H3,(H,18,19). The van der Waals surface area contributed by atoms with Gasteiger partial charge < -0.3 is 5.32 Å². The number of fused-ring (bicyclic) bond motifs is 1. The van der Waals surface area contributed by atoms with Gasteiger partial charge in [0.2, 0.25) is 5.91 Å². The van der Waals surface area contributed by atoms with E-state index in [1.165, 1.54) is 0 Å². The fraction of sp³-hybridized carbons (Fsp3) is 0.500. The fourth-order valence-electron chi connectivity index (χ4n) is 3.44. The molecule has 1 heterocycles. The van der Waals surface area contributed by atoms with Crippen LogP contribution in [0.3, 0.4) is 0 Å². The van der Waals surface area contributed by atoms with Crippen LogP contribution in [-0.4, -0.2) is 11.7 Å². The largest absolute Gasteiger partial charge is 0.325 e. The van der Waals surface area contributed by atoms with Crippen LogP contribution in [0.25, 0.3) is 0 Å². The van der Waals surface area contributed by atoms with Gasteiger partial charge in [0.15, 0.2) is 5.78 Å². The number of hydrogen-bond acceptors (Lipinski definition) is 2. The van der Waals surface area contributed by atoms with Crippen LogP contribution in [0.5, 0.6) is 0 Å². The molecule has 1 amide bonds. The maximum atomic E-state index is 12.8. The normalized spacial score (nSPS) is 23.6. The molecular weight excluding hydrogens is 274 g/mol. The lowest BCUT2D eigenvalue weighted by molar-refractivity contribution is -0.115. The monoisotopic (exact) mass is 291 g/mol. The highest BCUT2D eigenvalue weighted by Crippen LogP contribution is 2.45. The van der Waals surface area contributed by atoms with E-state index < -0.39 is 0 Å². The molecule has 3 nitrogen and oxygen atoms in total. The molecule has 0 bridgehead atoms.